The van der Waals surface area contributed by atoms with Crippen LogP contribution in [0.2, 0.25) is 0 Å². The van der Waals surface area contributed by atoms with Crippen LogP contribution in [0.5, 0.6) is 0 Å². The van der Waals surface area contributed by atoms with Crippen molar-refractivity contribution in [2.24, 2.45) is 0 Å². The van der Waals surface area contributed by atoms with Gasteiger partial charge in [0, 0.05) is 18.6 Å². The minimum atomic E-state index is -0.467. The molecule has 0 aliphatic heterocycles. The first-order valence-corrected chi connectivity index (χ1v) is 9.03. The molecule has 1 aromatic rings. The molecule has 2 rings (SSSR count). The monoisotopic (exact) mass is 349 g/mol. The number of hydrogen-bond acceptors (Lipinski definition) is 3. The average molecular weight is 349 g/mol. The SMILES string of the molecule is CC(C)NC(=O)NC(=O)CN(Cc1ccc(F)cc1)C1CCCCC1. The van der Waals surface area contributed by atoms with Crippen LogP contribution in [-0.4, -0.2) is 35.5 Å². The van der Waals surface area contributed by atoms with Crippen molar-refractivity contribution in [3.8, 4) is 0 Å². The lowest BCUT2D eigenvalue weighted by molar-refractivity contribution is -0.122. The van der Waals surface area contributed by atoms with Gasteiger partial charge in [-0.25, -0.2) is 9.18 Å². The largest absolute Gasteiger partial charge is 0.336 e. The molecule has 1 aromatic carbocycles. The van der Waals surface area contributed by atoms with Crippen LogP contribution in [0.1, 0.15) is 51.5 Å². The van der Waals surface area contributed by atoms with E-state index in [1.54, 1.807) is 12.1 Å². The van der Waals surface area contributed by atoms with Crippen LogP contribution in [0.4, 0.5) is 9.18 Å². The van der Waals surface area contributed by atoms with Gasteiger partial charge in [0.15, 0.2) is 0 Å². The van der Waals surface area contributed by atoms with Gasteiger partial charge < -0.3 is 5.32 Å². The summed E-state index contributed by atoms with van der Waals surface area (Å²) in [6.07, 6.45) is 5.63. The minimum Gasteiger partial charge on any atom is -0.336 e. The minimum absolute atomic E-state index is 0.0264. The Morgan fingerprint density at radius 3 is 2.40 bits per heavy atom. The quantitative estimate of drug-likeness (QED) is 0.829. The van der Waals surface area contributed by atoms with Crippen molar-refractivity contribution in [2.45, 2.75) is 64.6 Å². The highest BCUT2D eigenvalue weighted by Crippen LogP contribution is 2.24. The fourth-order valence-electron chi connectivity index (χ4n) is 3.23. The number of nitrogens with one attached hydrogen (secondary N) is 2. The number of benzene rings is 1. The molecule has 1 fully saturated rings. The fraction of sp³-hybridized carbons (Fsp3) is 0.579. The van der Waals surface area contributed by atoms with Gasteiger partial charge in [0.25, 0.3) is 0 Å². The van der Waals surface area contributed by atoms with Crippen molar-refractivity contribution >= 4 is 11.9 Å². The van der Waals surface area contributed by atoms with Crippen molar-refractivity contribution < 1.29 is 14.0 Å². The van der Waals surface area contributed by atoms with E-state index in [9.17, 15) is 14.0 Å². The van der Waals surface area contributed by atoms with Gasteiger partial charge in [-0.2, -0.15) is 0 Å². The molecule has 0 aromatic heterocycles. The highest BCUT2D eigenvalue weighted by Gasteiger charge is 2.24. The third kappa shape index (κ3) is 6.82. The maximum absolute atomic E-state index is 13.1. The third-order valence-corrected chi connectivity index (χ3v) is 4.41. The van der Waals surface area contributed by atoms with Crippen molar-refractivity contribution in [2.75, 3.05) is 6.54 Å². The van der Waals surface area contributed by atoms with Crippen LogP contribution < -0.4 is 10.6 Å². The molecule has 0 radical (unpaired) electrons. The van der Waals surface area contributed by atoms with E-state index >= 15 is 0 Å². The van der Waals surface area contributed by atoms with Crippen molar-refractivity contribution in [1.82, 2.24) is 15.5 Å². The Hall–Kier alpha value is -1.95. The Morgan fingerprint density at radius 2 is 1.80 bits per heavy atom. The maximum atomic E-state index is 13.1. The lowest BCUT2D eigenvalue weighted by atomic mass is 9.93. The lowest BCUT2D eigenvalue weighted by Gasteiger charge is -2.34. The summed E-state index contributed by atoms with van der Waals surface area (Å²) in [5, 5.41) is 5.04. The zero-order chi connectivity index (χ0) is 18.2. The number of carbonyl (C=O) groups excluding carboxylic acids is 2. The molecule has 2 N–H and O–H groups in total. The van der Waals surface area contributed by atoms with Gasteiger partial charge in [0.05, 0.1) is 6.54 Å². The van der Waals surface area contributed by atoms with Gasteiger partial charge in [-0.15, -0.1) is 0 Å². The molecule has 6 heteroatoms. The highest BCUT2D eigenvalue weighted by molar-refractivity contribution is 5.95. The second-order valence-electron chi connectivity index (χ2n) is 7.00. The van der Waals surface area contributed by atoms with Crippen LogP contribution >= 0.6 is 0 Å². The Morgan fingerprint density at radius 1 is 1.16 bits per heavy atom. The van der Waals surface area contributed by atoms with E-state index in [2.05, 4.69) is 15.5 Å². The van der Waals surface area contributed by atoms with Crippen molar-refractivity contribution in [3.63, 3.8) is 0 Å². The number of imide groups is 1. The molecule has 5 nitrogen and oxygen atoms in total. The van der Waals surface area contributed by atoms with E-state index < -0.39 is 6.03 Å². The second kappa shape index (κ2) is 9.51. The summed E-state index contributed by atoms with van der Waals surface area (Å²) in [7, 11) is 0. The Kier molecular flexibility index (Phi) is 7.37. The normalized spacial score (nSPS) is 15.4. The van der Waals surface area contributed by atoms with Crippen LogP contribution in [0.25, 0.3) is 0 Å². The molecule has 0 saturated heterocycles. The number of hydrogen-bond donors (Lipinski definition) is 2. The van der Waals surface area contributed by atoms with Gasteiger partial charge in [0.1, 0.15) is 5.82 Å². The summed E-state index contributed by atoms with van der Waals surface area (Å²) >= 11 is 0. The molecule has 1 saturated carbocycles. The first-order valence-electron chi connectivity index (χ1n) is 9.03. The standard InChI is InChI=1S/C19H28FN3O2/c1-14(2)21-19(25)22-18(24)13-23(17-6-4-3-5-7-17)12-15-8-10-16(20)11-9-15/h8-11,14,17H,3-7,12-13H2,1-2H3,(H2,21,22,24,25). The molecule has 1 aliphatic rings. The smallest absolute Gasteiger partial charge is 0.321 e. The van der Waals surface area contributed by atoms with Crippen LogP contribution in [0, 0.1) is 5.82 Å². The summed E-state index contributed by atoms with van der Waals surface area (Å²) < 4.78 is 13.1. The Labute approximate surface area is 149 Å². The lowest BCUT2D eigenvalue weighted by Crippen LogP contribution is -2.48. The molecule has 0 spiro atoms. The topological polar surface area (TPSA) is 61.4 Å². The van der Waals surface area contributed by atoms with Gasteiger partial charge >= 0.3 is 6.03 Å². The molecule has 0 atom stereocenters. The van der Waals surface area contributed by atoms with E-state index in [1.165, 1.54) is 18.6 Å². The Balaban J connectivity index is 1.99. The van der Waals surface area contributed by atoms with Gasteiger partial charge in [-0.3, -0.25) is 15.0 Å². The first-order chi connectivity index (χ1) is 11.9. The molecule has 138 valence electrons. The molecule has 1 aliphatic carbocycles. The summed E-state index contributed by atoms with van der Waals surface area (Å²) in [5.41, 5.74) is 0.964. The summed E-state index contributed by atoms with van der Waals surface area (Å²) in [6, 6.07) is 6.18. The number of urea groups is 1. The van der Waals surface area contributed by atoms with Crippen molar-refractivity contribution in [3.05, 3.63) is 35.6 Å². The summed E-state index contributed by atoms with van der Waals surface area (Å²) in [6.45, 7) is 4.41. The average Bonchev–Trinajstić information content (AvgIpc) is 2.56. The summed E-state index contributed by atoms with van der Waals surface area (Å²) in [5.74, 6) is -0.582. The van der Waals surface area contributed by atoms with Gasteiger partial charge in [-0.05, 0) is 44.4 Å². The molecule has 25 heavy (non-hydrogen) atoms. The van der Waals surface area contributed by atoms with E-state index in [1.807, 2.05) is 13.8 Å². The van der Waals surface area contributed by atoms with E-state index in [-0.39, 0.29) is 24.3 Å². The molecule has 0 bridgehead atoms. The van der Waals surface area contributed by atoms with Gasteiger partial charge in [-0.1, -0.05) is 31.4 Å². The van der Waals surface area contributed by atoms with Crippen LogP contribution in [0.15, 0.2) is 24.3 Å². The fourth-order valence-corrected chi connectivity index (χ4v) is 3.23. The number of halogens is 1. The molecule has 0 unspecified atom stereocenters. The van der Waals surface area contributed by atoms with E-state index in [0.29, 0.717) is 12.6 Å². The van der Waals surface area contributed by atoms with Gasteiger partial charge in [0.2, 0.25) is 5.91 Å². The predicted molar refractivity (Wildman–Crippen MR) is 95.5 cm³/mol. The highest BCUT2D eigenvalue weighted by atomic mass is 19.1. The predicted octanol–water partition coefficient (Wildman–Crippen LogP) is 3.19. The van der Waals surface area contributed by atoms with Crippen molar-refractivity contribution in [1.29, 1.82) is 0 Å². The second-order valence-corrected chi connectivity index (χ2v) is 7.00. The molecule has 0 heterocycles. The number of amides is 3. The van der Waals surface area contributed by atoms with Crippen LogP contribution in [-0.2, 0) is 11.3 Å². The van der Waals surface area contributed by atoms with Crippen LogP contribution in [0.3, 0.4) is 0 Å². The zero-order valence-electron chi connectivity index (χ0n) is 15.1. The zero-order valence-corrected chi connectivity index (χ0v) is 15.1. The number of rotatable bonds is 6. The molecular weight excluding hydrogens is 321 g/mol. The first kappa shape index (κ1) is 19.4. The third-order valence-electron chi connectivity index (χ3n) is 4.41. The number of nitrogens with zero attached hydrogens (tertiary/aromatic N) is 1. The van der Waals surface area contributed by atoms with E-state index in [4.69, 9.17) is 0 Å². The maximum Gasteiger partial charge on any atom is 0.321 e. The summed E-state index contributed by atoms with van der Waals surface area (Å²) in [4.78, 5) is 26.1. The Bertz CT molecular complexity index is 569. The number of carbonyl (C=O) groups is 2. The molecular formula is C19H28FN3O2. The molecule has 3 amide bonds. The van der Waals surface area contributed by atoms with E-state index in [0.717, 1.165) is 31.2 Å².